The first kappa shape index (κ1) is 20.9. The lowest BCUT2D eigenvalue weighted by Crippen LogP contribution is -2.36. The summed E-state index contributed by atoms with van der Waals surface area (Å²) in [4.78, 5) is 22.0. The molecule has 8 heteroatoms. The summed E-state index contributed by atoms with van der Waals surface area (Å²) in [5.74, 6) is 0.612. The van der Waals surface area contributed by atoms with Crippen LogP contribution in [0.3, 0.4) is 0 Å². The predicted octanol–water partition coefficient (Wildman–Crippen LogP) is 3.51. The largest absolute Gasteiger partial charge is 0.365 e. The molecule has 5 rings (SSSR count). The first-order chi connectivity index (χ1) is 15.6. The highest BCUT2D eigenvalue weighted by Gasteiger charge is 2.31. The van der Waals surface area contributed by atoms with E-state index in [4.69, 9.17) is 4.98 Å². The van der Waals surface area contributed by atoms with Crippen molar-refractivity contribution in [2.75, 3.05) is 32.0 Å². The first-order valence-electron chi connectivity index (χ1n) is 11.4. The molecule has 32 heavy (non-hydrogen) atoms. The normalized spacial score (nSPS) is 20.2. The zero-order chi connectivity index (χ0) is 22.1. The minimum atomic E-state index is -0.290. The van der Waals surface area contributed by atoms with Gasteiger partial charge in [0.1, 0.15) is 5.82 Å². The molecular formula is C24H29FN6O. The van der Waals surface area contributed by atoms with Gasteiger partial charge in [-0.3, -0.25) is 9.89 Å². The fourth-order valence-electron chi connectivity index (χ4n) is 4.81. The number of hydrogen-bond donors (Lipinski definition) is 2. The number of aromatic nitrogens is 3. The molecule has 2 aliphatic heterocycles. The Morgan fingerprint density at radius 1 is 1.12 bits per heavy atom. The molecule has 0 bridgehead atoms. The Morgan fingerprint density at radius 3 is 2.69 bits per heavy atom. The lowest BCUT2D eigenvalue weighted by Gasteiger charge is -2.29. The molecule has 1 amide bonds. The number of carbonyl (C=O) groups excluding carboxylic acids is 1. The number of carbonyl (C=O) groups is 1. The molecule has 0 unspecified atom stereocenters. The third-order valence-corrected chi connectivity index (χ3v) is 6.69. The summed E-state index contributed by atoms with van der Waals surface area (Å²) in [5.41, 5.74) is 2.45. The molecule has 0 spiro atoms. The molecule has 4 heterocycles. The maximum absolute atomic E-state index is 13.2. The molecule has 2 saturated heterocycles. The summed E-state index contributed by atoms with van der Waals surface area (Å²) in [6, 6.07) is 10.6. The predicted molar refractivity (Wildman–Crippen MR) is 122 cm³/mol. The monoisotopic (exact) mass is 436 g/mol. The maximum Gasteiger partial charge on any atom is 0.227 e. The molecule has 0 aliphatic carbocycles. The average Bonchev–Trinajstić information content (AvgIpc) is 3.44. The topological polar surface area (TPSA) is 77.2 Å². The zero-order valence-corrected chi connectivity index (χ0v) is 18.4. The zero-order valence-electron chi connectivity index (χ0n) is 18.4. The second kappa shape index (κ2) is 8.86. The van der Waals surface area contributed by atoms with Crippen LogP contribution in [-0.2, 0) is 11.2 Å². The quantitative estimate of drug-likeness (QED) is 0.640. The van der Waals surface area contributed by atoms with E-state index in [1.807, 2.05) is 11.0 Å². The number of fused-ring (bicyclic) bond motifs is 1. The van der Waals surface area contributed by atoms with Gasteiger partial charge in [-0.2, -0.15) is 5.10 Å². The second-order valence-corrected chi connectivity index (χ2v) is 8.97. The van der Waals surface area contributed by atoms with Gasteiger partial charge in [-0.05, 0) is 75.6 Å². The van der Waals surface area contributed by atoms with E-state index < -0.39 is 0 Å². The molecule has 2 fully saturated rings. The third-order valence-electron chi connectivity index (χ3n) is 6.69. The summed E-state index contributed by atoms with van der Waals surface area (Å²) < 4.78 is 13.2. The van der Waals surface area contributed by atoms with Crippen LogP contribution in [0.2, 0.25) is 0 Å². The number of aromatic amines is 1. The van der Waals surface area contributed by atoms with Crippen LogP contribution < -0.4 is 5.32 Å². The van der Waals surface area contributed by atoms with Gasteiger partial charge >= 0.3 is 0 Å². The summed E-state index contributed by atoms with van der Waals surface area (Å²) >= 11 is 0. The van der Waals surface area contributed by atoms with Gasteiger partial charge in [-0.25, -0.2) is 9.37 Å². The van der Waals surface area contributed by atoms with Gasteiger partial charge in [0.05, 0.1) is 23.5 Å². The second-order valence-electron chi connectivity index (χ2n) is 8.97. The number of likely N-dealkylation sites (tertiary alicyclic amines) is 2. The molecular weight excluding hydrogens is 407 g/mol. The van der Waals surface area contributed by atoms with Crippen molar-refractivity contribution in [2.24, 2.45) is 0 Å². The van der Waals surface area contributed by atoms with E-state index in [1.165, 1.54) is 12.1 Å². The minimum Gasteiger partial charge on any atom is -0.365 e. The summed E-state index contributed by atoms with van der Waals surface area (Å²) in [6.07, 6.45) is 4.31. The Hall–Kier alpha value is -3.00. The van der Waals surface area contributed by atoms with Crippen LogP contribution in [-0.4, -0.2) is 63.6 Å². The molecule has 0 saturated carbocycles. The van der Waals surface area contributed by atoms with Crippen LogP contribution in [0.4, 0.5) is 10.2 Å². The number of pyridine rings is 1. The summed E-state index contributed by atoms with van der Waals surface area (Å²) in [7, 11) is 2.16. The Morgan fingerprint density at radius 2 is 1.91 bits per heavy atom. The lowest BCUT2D eigenvalue weighted by molar-refractivity contribution is -0.131. The Kier molecular flexibility index (Phi) is 5.78. The van der Waals surface area contributed by atoms with Gasteiger partial charge in [-0.1, -0.05) is 12.1 Å². The number of amides is 1. The third kappa shape index (κ3) is 4.32. The number of H-pyrrole nitrogens is 1. The fraction of sp³-hybridized carbons (Fsp3) is 0.458. The first-order valence-corrected chi connectivity index (χ1v) is 11.4. The van der Waals surface area contributed by atoms with Crippen LogP contribution in [0.5, 0.6) is 0 Å². The smallest absolute Gasteiger partial charge is 0.227 e. The van der Waals surface area contributed by atoms with Crippen LogP contribution in [0.15, 0.2) is 36.4 Å². The molecule has 0 radical (unpaired) electrons. The minimum absolute atomic E-state index is 0.0408. The van der Waals surface area contributed by atoms with Gasteiger partial charge in [0.15, 0.2) is 11.5 Å². The van der Waals surface area contributed by atoms with E-state index in [1.54, 1.807) is 12.1 Å². The van der Waals surface area contributed by atoms with Gasteiger partial charge in [0.2, 0.25) is 5.91 Å². The number of piperidine rings is 1. The van der Waals surface area contributed by atoms with Crippen molar-refractivity contribution in [2.45, 2.75) is 44.2 Å². The van der Waals surface area contributed by atoms with E-state index in [2.05, 4.69) is 33.5 Å². The van der Waals surface area contributed by atoms with Crippen molar-refractivity contribution in [3.8, 4) is 0 Å². The van der Waals surface area contributed by atoms with Crippen molar-refractivity contribution < 1.29 is 9.18 Å². The highest BCUT2D eigenvalue weighted by Crippen LogP contribution is 2.33. The maximum atomic E-state index is 13.2. The molecule has 168 valence electrons. The van der Waals surface area contributed by atoms with E-state index in [0.29, 0.717) is 6.04 Å². The van der Waals surface area contributed by atoms with Crippen molar-refractivity contribution >= 4 is 22.8 Å². The molecule has 1 aromatic carbocycles. The number of hydrogen-bond acceptors (Lipinski definition) is 5. The lowest BCUT2D eigenvalue weighted by atomic mass is 10.1. The SMILES string of the molecule is CN1CCC(Nc2n[nH]c3nc([C@@H]4CCCN4C(=O)Cc4ccc(F)cc4)ccc23)CC1. The van der Waals surface area contributed by atoms with Crippen LogP contribution in [0.25, 0.3) is 11.0 Å². The van der Waals surface area contributed by atoms with Crippen molar-refractivity contribution in [1.82, 2.24) is 25.0 Å². The van der Waals surface area contributed by atoms with Crippen molar-refractivity contribution in [3.05, 3.63) is 53.5 Å². The van der Waals surface area contributed by atoms with Crippen molar-refractivity contribution in [1.29, 1.82) is 0 Å². The summed E-state index contributed by atoms with van der Waals surface area (Å²) in [6.45, 7) is 2.90. The molecule has 3 aromatic rings. The fourth-order valence-corrected chi connectivity index (χ4v) is 4.81. The molecule has 1 atom stereocenters. The Labute approximate surface area is 187 Å². The molecule has 7 nitrogen and oxygen atoms in total. The number of anilines is 1. The molecule has 2 N–H and O–H groups in total. The van der Waals surface area contributed by atoms with Gasteiger partial charge in [-0.15, -0.1) is 0 Å². The molecule has 2 aliphatic rings. The standard InChI is InChI=1S/C24H29FN6O/c1-30-13-10-18(11-14-30)26-23-19-8-9-20(27-24(19)29-28-23)21-3-2-12-31(21)22(32)15-16-4-6-17(25)7-5-16/h4-9,18,21H,2-3,10-15H2,1H3,(H2,26,27,28,29)/t21-/m0/s1. The van der Waals surface area contributed by atoms with E-state index in [-0.39, 0.29) is 24.2 Å². The van der Waals surface area contributed by atoms with E-state index >= 15 is 0 Å². The Bertz CT molecular complexity index is 1090. The highest BCUT2D eigenvalue weighted by atomic mass is 19.1. The van der Waals surface area contributed by atoms with Crippen LogP contribution in [0, 0.1) is 5.82 Å². The number of nitrogens with zero attached hydrogens (tertiary/aromatic N) is 4. The molecule has 2 aromatic heterocycles. The van der Waals surface area contributed by atoms with Crippen molar-refractivity contribution in [3.63, 3.8) is 0 Å². The van der Waals surface area contributed by atoms with Gasteiger partial charge in [0.25, 0.3) is 0 Å². The van der Waals surface area contributed by atoms with Crippen LogP contribution in [0.1, 0.15) is 43.0 Å². The van der Waals surface area contributed by atoms with E-state index in [0.717, 1.165) is 73.4 Å². The van der Waals surface area contributed by atoms with Gasteiger partial charge in [0, 0.05) is 12.6 Å². The van der Waals surface area contributed by atoms with Crippen LogP contribution >= 0.6 is 0 Å². The highest BCUT2D eigenvalue weighted by molar-refractivity contribution is 5.87. The number of nitrogens with one attached hydrogen (secondary N) is 2. The number of rotatable bonds is 5. The number of halogens is 1. The van der Waals surface area contributed by atoms with E-state index in [9.17, 15) is 9.18 Å². The van der Waals surface area contributed by atoms with Gasteiger partial charge < -0.3 is 15.1 Å². The number of benzene rings is 1. The summed E-state index contributed by atoms with van der Waals surface area (Å²) in [5, 5.41) is 12.1. The Balaban J connectivity index is 1.30. The average molecular weight is 437 g/mol.